The van der Waals surface area contributed by atoms with Crippen LogP contribution in [0.5, 0.6) is 11.6 Å². The Bertz CT molecular complexity index is 1200. The minimum absolute atomic E-state index is 0.151. The number of benzene rings is 1. The van der Waals surface area contributed by atoms with Gasteiger partial charge in [-0.3, -0.25) is 9.78 Å². The van der Waals surface area contributed by atoms with Gasteiger partial charge in [0.1, 0.15) is 24.5 Å². The molecule has 1 aromatic carbocycles. The second kappa shape index (κ2) is 9.23. The average Bonchev–Trinajstić information content (AvgIpc) is 3.17. The number of aromatic nitrogens is 4. The summed E-state index contributed by atoms with van der Waals surface area (Å²) in [5.74, 6) is 0.770. The SMILES string of the molecule is CC(C)[C@H]1COC(=O)N1c1ncnc(N[C@@H](C)c2ccc(Oc3ccc(F)cc3)[nH]c2=O)n1. The van der Waals surface area contributed by atoms with Gasteiger partial charge >= 0.3 is 6.09 Å². The largest absolute Gasteiger partial charge is 0.447 e. The van der Waals surface area contributed by atoms with Crippen LogP contribution in [-0.4, -0.2) is 38.7 Å². The van der Waals surface area contributed by atoms with E-state index in [1.54, 1.807) is 19.1 Å². The number of aromatic amines is 1. The summed E-state index contributed by atoms with van der Waals surface area (Å²) in [5, 5.41) is 3.05. The number of H-pyrrole nitrogens is 1. The van der Waals surface area contributed by atoms with E-state index >= 15 is 0 Å². The lowest BCUT2D eigenvalue weighted by atomic mass is 10.1. The van der Waals surface area contributed by atoms with Crippen molar-refractivity contribution in [1.29, 1.82) is 0 Å². The number of cyclic esters (lactones) is 1. The molecule has 1 saturated heterocycles. The van der Waals surface area contributed by atoms with Crippen LogP contribution >= 0.6 is 0 Å². The van der Waals surface area contributed by atoms with Crippen LogP contribution in [-0.2, 0) is 4.74 Å². The number of rotatable bonds is 7. The molecule has 1 aliphatic rings. The quantitative estimate of drug-likeness (QED) is 0.555. The van der Waals surface area contributed by atoms with Crippen LogP contribution in [0.4, 0.5) is 21.1 Å². The minimum atomic E-state index is -0.507. The van der Waals surface area contributed by atoms with E-state index in [9.17, 15) is 14.0 Å². The summed E-state index contributed by atoms with van der Waals surface area (Å²) in [6, 6.07) is 8.03. The number of carbonyl (C=O) groups excluding carboxylic acids is 1. The molecular weight excluding hydrogens is 431 g/mol. The lowest BCUT2D eigenvalue weighted by Gasteiger charge is -2.22. The predicted molar refractivity (Wildman–Crippen MR) is 118 cm³/mol. The Kier molecular flexibility index (Phi) is 6.20. The first-order valence-electron chi connectivity index (χ1n) is 10.4. The lowest BCUT2D eigenvalue weighted by Crippen LogP contribution is -2.38. The molecule has 10 nitrogen and oxygen atoms in total. The number of hydrogen-bond donors (Lipinski definition) is 2. The Labute approximate surface area is 188 Å². The molecule has 1 aliphatic heterocycles. The molecular formula is C22H23FN6O4. The van der Waals surface area contributed by atoms with Crippen LogP contribution in [0.3, 0.4) is 0 Å². The molecule has 2 N–H and O–H groups in total. The molecule has 0 bridgehead atoms. The number of halogens is 1. The third-order valence-corrected chi connectivity index (χ3v) is 5.22. The van der Waals surface area contributed by atoms with E-state index in [0.29, 0.717) is 11.3 Å². The third-order valence-electron chi connectivity index (χ3n) is 5.22. The third kappa shape index (κ3) is 4.92. The normalized spacial score (nSPS) is 16.6. The van der Waals surface area contributed by atoms with Crippen molar-refractivity contribution in [1.82, 2.24) is 19.9 Å². The first kappa shape index (κ1) is 22.2. The molecule has 1 fully saturated rings. The summed E-state index contributed by atoms with van der Waals surface area (Å²) in [4.78, 5) is 41.4. The lowest BCUT2D eigenvalue weighted by molar-refractivity contribution is 0.177. The van der Waals surface area contributed by atoms with Gasteiger partial charge in [0, 0.05) is 5.56 Å². The molecule has 33 heavy (non-hydrogen) atoms. The van der Waals surface area contributed by atoms with Crippen molar-refractivity contribution >= 4 is 18.0 Å². The van der Waals surface area contributed by atoms with Gasteiger partial charge in [-0.25, -0.2) is 24.1 Å². The molecule has 3 aromatic rings. The second-order valence-electron chi connectivity index (χ2n) is 7.90. The molecule has 1 amide bonds. The maximum Gasteiger partial charge on any atom is 0.417 e. The van der Waals surface area contributed by atoms with Crippen LogP contribution in [0.25, 0.3) is 0 Å². The van der Waals surface area contributed by atoms with Crippen LogP contribution in [0.1, 0.15) is 32.4 Å². The van der Waals surface area contributed by atoms with Gasteiger partial charge in [0.2, 0.25) is 11.9 Å². The molecule has 0 spiro atoms. The predicted octanol–water partition coefficient (Wildman–Crippen LogP) is 3.65. The standard InChI is InChI=1S/C22H23FN6O4/c1-12(2)17-10-32-22(31)29(17)21-25-11-24-20(28-21)26-13(3)16-8-9-18(27-19(16)30)33-15-6-4-14(23)5-7-15/h4-9,11-13,17H,10H2,1-3H3,(H,27,30)(H,24,25,26,28)/t13-,17+/m0/s1. The van der Waals surface area contributed by atoms with Crippen molar-refractivity contribution in [2.75, 3.05) is 16.8 Å². The fourth-order valence-electron chi connectivity index (χ4n) is 3.40. The number of pyridine rings is 1. The molecule has 0 saturated carbocycles. The number of nitrogens with zero attached hydrogens (tertiary/aromatic N) is 4. The molecule has 4 rings (SSSR count). The summed E-state index contributed by atoms with van der Waals surface area (Å²) in [6.45, 7) is 6.01. The maximum atomic E-state index is 13.0. The van der Waals surface area contributed by atoms with Crippen molar-refractivity contribution in [3.63, 3.8) is 0 Å². The Hall–Kier alpha value is -4.02. The highest BCUT2D eigenvalue weighted by molar-refractivity contribution is 5.88. The fraction of sp³-hybridized carbons (Fsp3) is 0.318. The zero-order valence-electron chi connectivity index (χ0n) is 18.3. The zero-order chi connectivity index (χ0) is 23.5. The average molecular weight is 454 g/mol. The van der Waals surface area contributed by atoms with Crippen LogP contribution in [0.15, 0.2) is 47.5 Å². The molecule has 0 aliphatic carbocycles. The molecule has 11 heteroatoms. The van der Waals surface area contributed by atoms with Gasteiger partial charge in [-0.15, -0.1) is 0 Å². The zero-order valence-corrected chi connectivity index (χ0v) is 18.3. The maximum absolute atomic E-state index is 13.0. The molecule has 0 radical (unpaired) electrons. The van der Waals surface area contributed by atoms with Crippen LogP contribution in [0, 0.1) is 11.7 Å². The summed E-state index contributed by atoms with van der Waals surface area (Å²) in [7, 11) is 0. The van der Waals surface area contributed by atoms with Crippen LogP contribution < -0.4 is 20.5 Å². The van der Waals surface area contributed by atoms with Gasteiger partial charge in [0.15, 0.2) is 5.88 Å². The van der Waals surface area contributed by atoms with E-state index in [1.807, 2.05) is 13.8 Å². The van der Waals surface area contributed by atoms with Gasteiger partial charge in [-0.1, -0.05) is 13.8 Å². The van der Waals surface area contributed by atoms with E-state index in [0.717, 1.165) is 0 Å². The number of carbonyl (C=O) groups is 1. The van der Waals surface area contributed by atoms with Crippen LogP contribution in [0.2, 0.25) is 0 Å². The van der Waals surface area contributed by atoms with E-state index in [2.05, 4.69) is 25.3 Å². The Morgan fingerprint density at radius 3 is 2.61 bits per heavy atom. The van der Waals surface area contributed by atoms with Crippen molar-refractivity contribution < 1.29 is 18.7 Å². The summed E-state index contributed by atoms with van der Waals surface area (Å²) >= 11 is 0. The summed E-state index contributed by atoms with van der Waals surface area (Å²) in [5.41, 5.74) is 0.0518. The van der Waals surface area contributed by atoms with Gasteiger partial charge < -0.3 is 14.8 Å². The first-order valence-corrected chi connectivity index (χ1v) is 10.4. The number of hydrogen-bond acceptors (Lipinski definition) is 8. The van der Waals surface area contributed by atoms with Gasteiger partial charge in [-0.05, 0) is 49.2 Å². The van der Waals surface area contributed by atoms with Gasteiger partial charge in [0.05, 0.1) is 12.1 Å². The second-order valence-corrected chi connectivity index (χ2v) is 7.90. The highest BCUT2D eigenvalue weighted by Crippen LogP contribution is 2.25. The monoisotopic (exact) mass is 454 g/mol. The van der Waals surface area contributed by atoms with Gasteiger partial charge in [0.25, 0.3) is 5.56 Å². The molecule has 2 aromatic heterocycles. The minimum Gasteiger partial charge on any atom is -0.447 e. The highest BCUT2D eigenvalue weighted by atomic mass is 19.1. The van der Waals surface area contributed by atoms with E-state index in [4.69, 9.17) is 9.47 Å². The van der Waals surface area contributed by atoms with E-state index in [1.165, 1.54) is 35.5 Å². The Morgan fingerprint density at radius 2 is 1.91 bits per heavy atom. The molecule has 2 atom stereocenters. The van der Waals surface area contributed by atoms with Crippen molar-refractivity contribution in [3.05, 3.63) is 64.5 Å². The molecule has 172 valence electrons. The highest BCUT2D eigenvalue weighted by Gasteiger charge is 2.38. The van der Waals surface area contributed by atoms with E-state index < -0.39 is 12.1 Å². The molecule has 3 heterocycles. The Balaban J connectivity index is 1.49. The number of amides is 1. The number of anilines is 2. The number of nitrogens with one attached hydrogen (secondary N) is 2. The summed E-state index contributed by atoms with van der Waals surface area (Å²) in [6.07, 6.45) is 0.789. The Morgan fingerprint density at radius 1 is 1.15 bits per heavy atom. The van der Waals surface area contributed by atoms with Crippen molar-refractivity contribution in [2.45, 2.75) is 32.9 Å². The van der Waals surface area contributed by atoms with E-state index in [-0.39, 0.29) is 47.7 Å². The number of ether oxygens (including phenoxy) is 2. The van der Waals surface area contributed by atoms with Gasteiger partial charge in [-0.2, -0.15) is 4.98 Å². The first-order chi connectivity index (χ1) is 15.8. The van der Waals surface area contributed by atoms with Crippen molar-refractivity contribution in [2.24, 2.45) is 5.92 Å². The molecule has 0 unspecified atom stereocenters. The fourth-order valence-corrected chi connectivity index (χ4v) is 3.40. The topological polar surface area (TPSA) is 122 Å². The van der Waals surface area contributed by atoms with Crippen molar-refractivity contribution in [3.8, 4) is 11.6 Å². The summed E-state index contributed by atoms with van der Waals surface area (Å²) < 4.78 is 23.7. The smallest absolute Gasteiger partial charge is 0.417 e.